The van der Waals surface area contributed by atoms with Gasteiger partial charge in [-0.3, -0.25) is 9.83 Å². The van der Waals surface area contributed by atoms with Crippen molar-refractivity contribution in [2.24, 2.45) is 0 Å². The molecule has 0 spiro atoms. The van der Waals surface area contributed by atoms with Crippen LogP contribution in [0.25, 0.3) is 5.65 Å². The second-order valence-corrected chi connectivity index (χ2v) is 4.38. The topological polar surface area (TPSA) is 58.4 Å². The van der Waals surface area contributed by atoms with Gasteiger partial charge in [0.2, 0.25) is 5.65 Å². The van der Waals surface area contributed by atoms with E-state index >= 15 is 0 Å². The van der Waals surface area contributed by atoms with E-state index in [1.165, 1.54) is 19.3 Å². The van der Waals surface area contributed by atoms with Gasteiger partial charge in [0, 0.05) is 25.5 Å². The van der Waals surface area contributed by atoms with Crippen molar-refractivity contribution in [3.63, 3.8) is 0 Å². The van der Waals surface area contributed by atoms with Crippen LogP contribution in [0, 0.1) is 6.92 Å². The summed E-state index contributed by atoms with van der Waals surface area (Å²) in [7, 11) is 0. The summed E-state index contributed by atoms with van der Waals surface area (Å²) >= 11 is 0. The molecule has 1 aliphatic rings. The van der Waals surface area contributed by atoms with E-state index in [2.05, 4.69) is 25.6 Å². The Morgan fingerprint density at radius 2 is 2.00 bits per heavy atom. The van der Waals surface area contributed by atoms with E-state index in [0.29, 0.717) is 0 Å². The molecule has 1 N–H and O–H groups in total. The Balaban J connectivity index is 1.89. The van der Waals surface area contributed by atoms with Crippen molar-refractivity contribution in [1.82, 2.24) is 24.6 Å². The normalized spacial score (nSPS) is 17.5. The molecule has 1 fully saturated rings. The summed E-state index contributed by atoms with van der Waals surface area (Å²) in [5, 5.41) is 10.4. The van der Waals surface area contributed by atoms with Crippen molar-refractivity contribution in [3.8, 4) is 0 Å². The third-order valence-electron chi connectivity index (χ3n) is 3.12. The van der Waals surface area contributed by atoms with Crippen molar-refractivity contribution in [2.75, 3.05) is 18.5 Å². The molecule has 0 saturated carbocycles. The number of nitrogens with zero attached hydrogens (tertiary/aromatic N) is 5. The van der Waals surface area contributed by atoms with Gasteiger partial charge in [0.15, 0.2) is 5.82 Å². The first-order valence-electron chi connectivity index (χ1n) is 6.02. The first-order valence-corrected chi connectivity index (χ1v) is 6.02. The molecule has 0 bridgehead atoms. The molecule has 6 heteroatoms. The fourth-order valence-corrected chi connectivity index (χ4v) is 2.18. The van der Waals surface area contributed by atoms with Gasteiger partial charge in [-0.15, -0.1) is 10.2 Å². The third kappa shape index (κ3) is 1.95. The number of nitrogens with one attached hydrogen (secondary N) is 1. The standard InChI is InChI=1S/C11H16N6/c1-9-13-14-11-10(12-5-8-17(9)11)15-16-6-3-2-4-7-16/h5,8H,2-4,6-7H2,1H3,(H,12,15). The molecular formula is C11H16N6. The van der Waals surface area contributed by atoms with Crippen molar-refractivity contribution in [1.29, 1.82) is 0 Å². The average Bonchev–Trinajstić information content (AvgIpc) is 2.74. The van der Waals surface area contributed by atoms with Crippen LogP contribution in [0.15, 0.2) is 12.4 Å². The molecule has 0 unspecified atom stereocenters. The van der Waals surface area contributed by atoms with E-state index in [-0.39, 0.29) is 0 Å². The quantitative estimate of drug-likeness (QED) is 0.844. The molecule has 0 aliphatic carbocycles. The summed E-state index contributed by atoms with van der Waals surface area (Å²) in [5.41, 5.74) is 4.12. The highest BCUT2D eigenvalue weighted by Crippen LogP contribution is 2.15. The molecule has 0 atom stereocenters. The summed E-state index contributed by atoms with van der Waals surface area (Å²) in [4.78, 5) is 4.34. The SMILES string of the molecule is Cc1nnc2c(NN3CCCCC3)nccn12. The predicted molar refractivity (Wildman–Crippen MR) is 64.6 cm³/mol. The minimum absolute atomic E-state index is 0.787. The summed E-state index contributed by atoms with van der Waals surface area (Å²) in [5.74, 6) is 1.67. The Kier molecular flexibility index (Phi) is 2.64. The van der Waals surface area contributed by atoms with Gasteiger partial charge in [-0.2, -0.15) is 0 Å². The maximum Gasteiger partial charge on any atom is 0.205 e. The molecule has 0 amide bonds. The zero-order valence-electron chi connectivity index (χ0n) is 9.93. The average molecular weight is 232 g/mol. The zero-order valence-corrected chi connectivity index (χ0v) is 9.93. The molecule has 90 valence electrons. The molecule has 17 heavy (non-hydrogen) atoms. The lowest BCUT2D eigenvalue weighted by Gasteiger charge is -2.27. The van der Waals surface area contributed by atoms with Gasteiger partial charge >= 0.3 is 0 Å². The number of aryl methyl sites for hydroxylation is 1. The summed E-state index contributed by atoms with van der Waals surface area (Å²) in [6.07, 6.45) is 7.45. The highest BCUT2D eigenvalue weighted by atomic mass is 15.5. The maximum atomic E-state index is 4.34. The molecule has 1 aliphatic heterocycles. The van der Waals surface area contributed by atoms with Crippen LogP contribution < -0.4 is 5.43 Å². The molecule has 3 rings (SSSR count). The van der Waals surface area contributed by atoms with E-state index in [9.17, 15) is 0 Å². The number of rotatable bonds is 2. The Bertz CT molecular complexity index is 514. The first kappa shape index (κ1) is 10.5. The molecule has 0 aromatic carbocycles. The lowest BCUT2D eigenvalue weighted by atomic mass is 10.2. The Hall–Kier alpha value is -1.69. The van der Waals surface area contributed by atoms with Crippen molar-refractivity contribution < 1.29 is 0 Å². The number of piperidine rings is 1. The maximum absolute atomic E-state index is 4.34. The van der Waals surface area contributed by atoms with Gasteiger partial charge in [0.1, 0.15) is 5.82 Å². The number of hydrazine groups is 1. The summed E-state index contributed by atoms with van der Waals surface area (Å²) < 4.78 is 1.94. The largest absolute Gasteiger partial charge is 0.300 e. The highest BCUT2D eigenvalue weighted by molar-refractivity contribution is 5.61. The number of anilines is 1. The lowest BCUT2D eigenvalue weighted by Crippen LogP contribution is -2.35. The lowest BCUT2D eigenvalue weighted by molar-refractivity contribution is 0.272. The number of hydrogen-bond donors (Lipinski definition) is 1. The minimum Gasteiger partial charge on any atom is -0.300 e. The van der Waals surface area contributed by atoms with E-state index in [0.717, 1.165) is 30.4 Å². The zero-order chi connectivity index (χ0) is 11.7. The summed E-state index contributed by atoms with van der Waals surface area (Å²) in [6, 6.07) is 0. The van der Waals surface area contributed by atoms with Crippen molar-refractivity contribution in [3.05, 3.63) is 18.2 Å². The molecule has 2 aromatic heterocycles. The Labute approximate surface area is 99.6 Å². The monoisotopic (exact) mass is 232 g/mol. The fourth-order valence-electron chi connectivity index (χ4n) is 2.18. The second kappa shape index (κ2) is 4.29. The van der Waals surface area contributed by atoms with E-state index in [1.54, 1.807) is 6.20 Å². The molecule has 1 saturated heterocycles. The van der Waals surface area contributed by atoms with E-state index in [1.807, 2.05) is 17.5 Å². The van der Waals surface area contributed by atoms with E-state index in [4.69, 9.17) is 0 Å². The van der Waals surface area contributed by atoms with Crippen LogP contribution in [0.5, 0.6) is 0 Å². The number of fused-ring (bicyclic) bond motifs is 1. The number of hydrogen-bond acceptors (Lipinski definition) is 5. The van der Waals surface area contributed by atoms with E-state index < -0.39 is 0 Å². The Morgan fingerprint density at radius 1 is 1.18 bits per heavy atom. The van der Waals surface area contributed by atoms with Gasteiger partial charge in [-0.1, -0.05) is 6.42 Å². The van der Waals surface area contributed by atoms with Crippen molar-refractivity contribution in [2.45, 2.75) is 26.2 Å². The van der Waals surface area contributed by atoms with Gasteiger partial charge in [0.25, 0.3) is 0 Å². The molecule has 0 radical (unpaired) electrons. The minimum atomic E-state index is 0.787. The molecule has 2 aromatic rings. The number of aromatic nitrogens is 4. The first-order chi connectivity index (χ1) is 8.34. The van der Waals surface area contributed by atoms with Crippen LogP contribution >= 0.6 is 0 Å². The molecular weight excluding hydrogens is 216 g/mol. The van der Waals surface area contributed by atoms with Crippen LogP contribution in [-0.4, -0.2) is 37.7 Å². The van der Waals surface area contributed by atoms with Gasteiger partial charge in [0.05, 0.1) is 0 Å². The van der Waals surface area contributed by atoms with Crippen molar-refractivity contribution >= 4 is 11.5 Å². The smallest absolute Gasteiger partial charge is 0.205 e. The van der Waals surface area contributed by atoms with Gasteiger partial charge in [-0.05, 0) is 19.8 Å². The fraction of sp³-hybridized carbons (Fsp3) is 0.545. The molecule has 6 nitrogen and oxygen atoms in total. The van der Waals surface area contributed by atoms with Crippen LogP contribution in [0.1, 0.15) is 25.1 Å². The van der Waals surface area contributed by atoms with Crippen LogP contribution in [0.4, 0.5) is 5.82 Å². The Morgan fingerprint density at radius 3 is 2.82 bits per heavy atom. The van der Waals surface area contributed by atoms with Crippen LogP contribution in [-0.2, 0) is 0 Å². The second-order valence-electron chi connectivity index (χ2n) is 4.38. The van der Waals surface area contributed by atoms with Crippen LogP contribution in [0.2, 0.25) is 0 Å². The summed E-state index contributed by atoms with van der Waals surface area (Å²) in [6.45, 7) is 4.07. The van der Waals surface area contributed by atoms with Gasteiger partial charge in [-0.25, -0.2) is 9.99 Å². The van der Waals surface area contributed by atoms with Gasteiger partial charge < -0.3 is 0 Å². The predicted octanol–water partition coefficient (Wildman–Crippen LogP) is 1.25. The molecule has 3 heterocycles. The third-order valence-corrected chi connectivity index (χ3v) is 3.12. The van der Waals surface area contributed by atoms with Crippen LogP contribution in [0.3, 0.4) is 0 Å². The highest BCUT2D eigenvalue weighted by Gasteiger charge is 2.13.